The summed E-state index contributed by atoms with van der Waals surface area (Å²) in [5, 5.41) is 8.18. The van der Waals surface area contributed by atoms with Crippen molar-refractivity contribution in [2.24, 2.45) is 11.3 Å². The number of ether oxygens (including phenoxy) is 2. The molecule has 0 radical (unpaired) electrons. The highest BCUT2D eigenvalue weighted by atomic mass is 32.2. The fourth-order valence-corrected chi connectivity index (χ4v) is 10.2. The van der Waals surface area contributed by atoms with Crippen LogP contribution in [0, 0.1) is 17.2 Å². The number of halogens is 1. The van der Waals surface area contributed by atoms with E-state index in [1.54, 1.807) is 14.1 Å². The van der Waals surface area contributed by atoms with E-state index in [0.29, 0.717) is 50.9 Å². The van der Waals surface area contributed by atoms with Gasteiger partial charge in [-0.25, -0.2) is 14.2 Å². The zero-order valence-corrected chi connectivity index (χ0v) is 34.9. The van der Waals surface area contributed by atoms with E-state index in [0.717, 1.165) is 58.4 Å². The minimum atomic E-state index is -3.61. The lowest BCUT2D eigenvalue weighted by Gasteiger charge is -2.54. The van der Waals surface area contributed by atoms with E-state index in [-0.39, 0.29) is 47.1 Å². The molecule has 1 spiro atoms. The number of carbonyl (C=O) groups is 2. The fourth-order valence-electron chi connectivity index (χ4n) is 8.53. The molecule has 4 saturated heterocycles. The molecule has 0 N–H and O–H groups in total. The second kappa shape index (κ2) is 17.0. The van der Waals surface area contributed by atoms with Gasteiger partial charge >= 0.3 is 6.09 Å². The molecule has 0 bridgehead atoms. The molecule has 0 atom stereocenters. The third-order valence-corrected chi connectivity index (χ3v) is 13.5. The van der Waals surface area contributed by atoms with Crippen molar-refractivity contribution in [3.8, 4) is 11.6 Å². The summed E-state index contributed by atoms with van der Waals surface area (Å²) in [4.78, 5) is 38.6. The number of likely N-dealkylation sites (tertiary alicyclic amines) is 1. The molecule has 0 saturated carbocycles. The molecule has 0 aliphatic carbocycles. The fraction of sp³-hybridized carbons (Fsp3) is 0.718. The Morgan fingerprint density at radius 3 is 2.25 bits per heavy atom. The van der Waals surface area contributed by atoms with Crippen molar-refractivity contribution in [1.29, 1.82) is 0 Å². The van der Waals surface area contributed by atoms with Crippen LogP contribution in [0.15, 0.2) is 24.5 Å². The Hall–Kier alpha value is -3.67. The molecule has 6 rings (SSSR count). The average molecular weight is 802 g/mol. The highest BCUT2D eigenvalue weighted by molar-refractivity contribution is 7.86. The van der Waals surface area contributed by atoms with Gasteiger partial charge in [-0.15, -0.1) is 10.2 Å². The summed E-state index contributed by atoms with van der Waals surface area (Å²) in [6, 6.07) is 3.74. The van der Waals surface area contributed by atoms with Crippen LogP contribution in [0.25, 0.3) is 0 Å². The van der Waals surface area contributed by atoms with Crippen LogP contribution in [0.4, 0.5) is 15.0 Å². The predicted octanol–water partition coefficient (Wildman–Crippen LogP) is 4.86. The first-order valence-corrected chi connectivity index (χ1v) is 21.5. The molecule has 0 unspecified atom stereocenters. The molecule has 1 aromatic heterocycles. The number of piperidine rings is 2. The van der Waals surface area contributed by atoms with Crippen LogP contribution in [0.2, 0.25) is 0 Å². The third-order valence-electron chi connectivity index (χ3n) is 11.4. The monoisotopic (exact) mass is 801 g/mol. The van der Waals surface area contributed by atoms with Gasteiger partial charge < -0.3 is 29.1 Å². The number of anilines is 1. The van der Waals surface area contributed by atoms with Gasteiger partial charge in [0.05, 0.1) is 5.56 Å². The minimum Gasteiger partial charge on any atom is -0.444 e. The van der Waals surface area contributed by atoms with Crippen molar-refractivity contribution < 1.29 is 31.9 Å². The molecule has 4 aliphatic rings. The summed E-state index contributed by atoms with van der Waals surface area (Å²) in [6.45, 7) is 20.1. The van der Waals surface area contributed by atoms with Crippen molar-refractivity contribution in [2.75, 3.05) is 76.9 Å². The van der Waals surface area contributed by atoms with E-state index >= 15 is 0 Å². The molecule has 310 valence electrons. The maximum absolute atomic E-state index is 14.4. The Morgan fingerprint density at radius 2 is 1.61 bits per heavy atom. The lowest BCUT2D eigenvalue weighted by atomic mass is 9.72. The maximum Gasteiger partial charge on any atom is 0.410 e. The lowest BCUT2D eigenvalue weighted by molar-refractivity contribution is 0.0259. The van der Waals surface area contributed by atoms with Crippen molar-refractivity contribution in [1.82, 2.24) is 38.5 Å². The second-order valence-corrected chi connectivity index (χ2v) is 19.4. The van der Waals surface area contributed by atoms with E-state index in [9.17, 15) is 22.4 Å². The first-order valence-electron chi connectivity index (χ1n) is 20.1. The zero-order chi connectivity index (χ0) is 40.4. The Balaban J connectivity index is 0.977. The highest BCUT2D eigenvalue weighted by Crippen LogP contribution is 2.45. The van der Waals surface area contributed by atoms with Crippen molar-refractivity contribution in [3.05, 3.63) is 35.9 Å². The number of carbonyl (C=O) groups excluding carboxylic acids is 2. The molecule has 5 heterocycles. The van der Waals surface area contributed by atoms with Crippen molar-refractivity contribution in [3.63, 3.8) is 0 Å². The van der Waals surface area contributed by atoms with Crippen LogP contribution in [0.1, 0.15) is 90.9 Å². The van der Waals surface area contributed by atoms with Crippen molar-refractivity contribution in [2.45, 2.75) is 98.3 Å². The predicted molar refractivity (Wildman–Crippen MR) is 210 cm³/mol. The molecule has 4 aliphatic heterocycles. The van der Waals surface area contributed by atoms with E-state index in [2.05, 4.69) is 25.0 Å². The van der Waals surface area contributed by atoms with Gasteiger partial charge in [0.15, 0.2) is 5.82 Å². The van der Waals surface area contributed by atoms with E-state index in [1.165, 1.54) is 28.8 Å². The smallest absolute Gasteiger partial charge is 0.410 e. The van der Waals surface area contributed by atoms with Gasteiger partial charge in [-0.2, -0.15) is 17.0 Å². The van der Waals surface area contributed by atoms with Crippen LogP contribution >= 0.6 is 0 Å². The summed E-state index contributed by atoms with van der Waals surface area (Å²) in [5.74, 6) is 0.500. The van der Waals surface area contributed by atoms with Gasteiger partial charge in [0.1, 0.15) is 23.5 Å². The molecule has 15 nitrogen and oxygen atoms in total. The van der Waals surface area contributed by atoms with Gasteiger partial charge in [0.25, 0.3) is 22.0 Å². The van der Waals surface area contributed by atoms with Crippen LogP contribution in [-0.2, 0) is 14.9 Å². The van der Waals surface area contributed by atoms with Crippen LogP contribution < -0.4 is 9.64 Å². The first-order chi connectivity index (χ1) is 26.4. The van der Waals surface area contributed by atoms with Crippen LogP contribution in [-0.4, -0.2) is 149 Å². The summed E-state index contributed by atoms with van der Waals surface area (Å²) in [5.41, 5.74) is -0.332. The summed E-state index contributed by atoms with van der Waals surface area (Å²) in [7, 11) is -3.61. The maximum atomic E-state index is 14.4. The molecule has 56 heavy (non-hydrogen) atoms. The molecule has 4 fully saturated rings. The number of aromatic nitrogens is 3. The Labute approximate surface area is 331 Å². The third kappa shape index (κ3) is 9.71. The minimum absolute atomic E-state index is 0.0924. The van der Waals surface area contributed by atoms with Gasteiger partial charge in [-0.3, -0.25) is 4.79 Å². The van der Waals surface area contributed by atoms with Gasteiger partial charge in [0, 0.05) is 76.4 Å². The Kier molecular flexibility index (Phi) is 12.8. The molecular weight excluding hydrogens is 742 g/mol. The highest BCUT2D eigenvalue weighted by Gasteiger charge is 2.47. The van der Waals surface area contributed by atoms with Crippen molar-refractivity contribution >= 4 is 28.0 Å². The lowest BCUT2D eigenvalue weighted by Crippen LogP contribution is -2.61. The second-order valence-electron chi connectivity index (χ2n) is 17.5. The molecular formula is C39H60FN9O6S. The number of benzene rings is 1. The molecule has 2 amide bonds. The standard InChI is InChI=1S/C39H60FN9O6S/c1-28(2)49(29(3)4)36(50)32-23-31(40)9-10-33(32)54-35-34(41-27-42-43-35)46-25-39(26-46)13-19-44(20-14-39)24-30-11-17-48(18-12-30)56(52,53)47-16-8-15-45(21-22-47)37(51)55-38(5,6)7/h9-10,23,27-30H,8,11-22,24-26H2,1-7H3. The SMILES string of the molecule is CC(C)N(C(=O)c1cc(F)ccc1Oc1nncnc1N1CC2(CCN(CC3CCN(S(=O)(=O)N4CCCN(C(=O)OC(C)(C)C)CC4)CC3)CC2)C1)C(C)C. The Morgan fingerprint density at radius 1 is 0.946 bits per heavy atom. The molecule has 17 heteroatoms. The number of hydrogen-bond acceptors (Lipinski definition) is 11. The summed E-state index contributed by atoms with van der Waals surface area (Å²) in [6.07, 6.45) is 5.29. The quantitative estimate of drug-likeness (QED) is 0.325. The molecule has 1 aromatic carbocycles. The van der Waals surface area contributed by atoms with Gasteiger partial charge in [0.2, 0.25) is 0 Å². The van der Waals surface area contributed by atoms with Gasteiger partial charge in [-0.05, 0) is 118 Å². The average Bonchev–Trinajstić information content (AvgIpc) is 3.39. The zero-order valence-electron chi connectivity index (χ0n) is 34.1. The van der Waals surface area contributed by atoms with Crippen LogP contribution in [0.5, 0.6) is 11.6 Å². The normalized spacial score (nSPS) is 20.6. The largest absolute Gasteiger partial charge is 0.444 e. The van der Waals surface area contributed by atoms with E-state index in [4.69, 9.17) is 9.47 Å². The summed E-state index contributed by atoms with van der Waals surface area (Å²) >= 11 is 0. The molecule has 2 aromatic rings. The number of amides is 2. The van der Waals surface area contributed by atoms with E-state index < -0.39 is 27.7 Å². The topological polar surface area (TPSA) is 145 Å². The number of hydrogen-bond donors (Lipinski definition) is 0. The summed E-state index contributed by atoms with van der Waals surface area (Å²) < 4.78 is 56.5. The van der Waals surface area contributed by atoms with E-state index in [1.807, 2.05) is 48.5 Å². The Bertz CT molecular complexity index is 1790. The van der Waals surface area contributed by atoms with Gasteiger partial charge in [-0.1, -0.05) is 0 Å². The number of nitrogens with zero attached hydrogens (tertiary/aromatic N) is 9. The first kappa shape index (κ1) is 41.9. The number of rotatable bonds is 10. The van der Waals surface area contributed by atoms with Crippen LogP contribution in [0.3, 0.4) is 0 Å².